The average Bonchev–Trinajstić information content (AvgIpc) is 2.66. The maximum absolute atomic E-state index is 11.7. The monoisotopic (exact) mass is 369 g/mol. The molecule has 1 aromatic carbocycles. The van der Waals surface area contributed by atoms with Crippen LogP contribution in [0.1, 0.15) is 12.6 Å². The van der Waals surface area contributed by atoms with Gasteiger partial charge in [-0.05, 0) is 26.0 Å². The minimum atomic E-state index is -0.575. The van der Waals surface area contributed by atoms with Crippen molar-refractivity contribution in [3.63, 3.8) is 0 Å². The predicted octanol–water partition coefficient (Wildman–Crippen LogP) is 2.85. The van der Waals surface area contributed by atoms with Gasteiger partial charge in [0.2, 0.25) is 5.82 Å². The van der Waals surface area contributed by atoms with E-state index in [0.29, 0.717) is 17.8 Å². The number of para-hydroxylation sites is 1. The highest BCUT2D eigenvalue weighted by atomic mass is 16.6. The van der Waals surface area contributed by atoms with Crippen LogP contribution >= 0.6 is 0 Å². The van der Waals surface area contributed by atoms with Gasteiger partial charge in [0.15, 0.2) is 5.75 Å². The van der Waals surface area contributed by atoms with Gasteiger partial charge in [-0.3, -0.25) is 10.1 Å². The summed E-state index contributed by atoms with van der Waals surface area (Å²) in [4.78, 5) is 25.2. The molecule has 3 aromatic rings. The standard InChI is InChI=1S/C18H19N5O4/c1-3-22(9-10-24)17-16(23(25)26)18(20-11-19-17)27-14-6-4-5-13-8-7-12(2)21-15(13)14/h4-8,11,24H,3,9-10H2,1-2H3. The highest BCUT2D eigenvalue weighted by Crippen LogP contribution is 2.37. The summed E-state index contributed by atoms with van der Waals surface area (Å²) < 4.78 is 5.81. The van der Waals surface area contributed by atoms with Crippen molar-refractivity contribution >= 4 is 22.4 Å². The zero-order valence-corrected chi connectivity index (χ0v) is 15.0. The molecule has 0 saturated heterocycles. The van der Waals surface area contributed by atoms with E-state index in [4.69, 9.17) is 4.74 Å². The van der Waals surface area contributed by atoms with Crippen LogP contribution in [-0.4, -0.2) is 44.7 Å². The van der Waals surface area contributed by atoms with Crippen LogP contribution in [0.4, 0.5) is 11.5 Å². The number of aryl methyl sites for hydroxylation is 1. The molecule has 0 atom stereocenters. The number of aromatic nitrogens is 3. The van der Waals surface area contributed by atoms with Gasteiger partial charge in [0, 0.05) is 24.2 Å². The Morgan fingerprint density at radius 1 is 1.26 bits per heavy atom. The van der Waals surface area contributed by atoms with Crippen LogP contribution in [0, 0.1) is 17.0 Å². The fourth-order valence-electron chi connectivity index (χ4n) is 2.76. The van der Waals surface area contributed by atoms with Gasteiger partial charge < -0.3 is 14.7 Å². The lowest BCUT2D eigenvalue weighted by atomic mass is 10.2. The number of ether oxygens (including phenoxy) is 1. The second kappa shape index (κ2) is 7.92. The first-order valence-electron chi connectivity index (χ1n) is 8.44. The number of aliphatic hydroxyl groups excluding tert-OH is 1. The summed E-state index contributed by atoms with van der Waals surface area (Å²) in [6, 6.07) is 9.14. The molecule has 0 bridgehead atoms. The molecular weight excluding hydrogens is 350 g/mol. The molecule has 0 unspecified atom stereocenters. The molecule has 0 fully saturated rings. The first-order valence-corrected chi connectivity index (χ1v) is 8.44. The first-order chi connectivity index (χ1) is 13.0. The van der Waals surface area contributed by atoms with Crippen molar-refractivity contribution in [2.75, 3.05) is 24.6 Å². The van der Waals surface area contributed by atoms with Gasteiger partial charge in [0.25, 0.3) is 0 Å². The Labute approximate surface area is 155 Å². The van der Waals surface area contributed by atoms with Gasteiger partial charge >= 0.3 is 11.6 Å². The van der Waals surface area contributed by atoms with Crippen molar-refractivity contribution in [1.29, 1.82) is 0 Å². The lowest BCUT2D eigenvalue weighted by molar-refractivity contribution is -0.385. The van der Waals surface area contributed by atoms with Crippen molar-refractivity contribution in [2.45, 2.75) is 13.8 Å². The van der Waals surface area contributed by atoms with E-state index in [2.05, 4.69) is 15.0 Å². The third kappa shape index (κ3) is 3.77. The van der Waals surface area contributed by atoms with E-state index in [1.54, 1.807) is 17.0 Å². The van der Waals surface area contributed by atoms with Gasteiger partial charge in [0.1, 0.15) is 11.8 Å². The number of hydrogen-bond donors (Lipinski definition) is 1. The molecule has 0 aliphatic carbocycles. The minimum absolute atomic E-state index is 0.103. The van der Waals surface area contributed by atoms with Gasteiger partial charge in [-0.25, -0.2) is 9.97 Å². The minimum Gasteiger partial charge on any atom is -0.431 e. The highest BCUT2D eigenvalue weighted by Gasteiger charge is 2.28. The predicted molar refractivity (Wildman–Crippen MR) is 100 cm³/mol. The highest BCUT2D eigenvalue weighted by molar-refractivity contribution is 5.85. The first kappa shape index (κ1) is 18.5. The molecule has 140 valence electrons. The van der Waals surface area contributed by atoms with E-state index in [9.17, 15) is 15.2 Å². The van der Waals surface area contributed by atoms with Crippen LogP contribution < -0.4 is 9.64 Å². The van der Waals surface area contributed by atoms with Gasteiger partial charge in [-0.2, -0.15) is 4.98 Å². The van der Waals surface area contributed by atoms with Gasteiger partial charge in [-0.15, -0.1) is 0 Å². The van der Waals surface area contributed by atoms with Crippen molar-refractivity contribution in [3.8, 4) is 11.6 Å². The zero-order chi connectivity index (χ0) is 19.4. The maximum atomic E-state index is 11.7. The summed E-state index contributed by atoms with van der Waals surface area (Å²) in [6.45, 7) is 4.17. The van der Waals surface area contributed by atoms with E-state index < -0.39 is 4.92 Å². The van der Waals surface area contributed by atoms with Crippen LogP contribution in [0.2, 0.25) is 0 Å². The average molecular weight is 369 g/mol. The Morgan fingerprint density at radius 3 is 2.78 bits per heavy atom. The Hall–Kier alpha value is -3.33. The molecule has 3 rings (SSSR count). The van der Waals surface area contributed by atoms with Crippen LogP contribution in [0.25, 0.3) is 10.9 Å². The lowest BCUT2D eigenvalue weighted by Crippen LogP contribution is -2.28. The molecule has 2 heterocycles. The number of fused-ring (bicyclic) bond motifs is 1. The molecule has 9 heteroatoms. The molecule has 1 N–H and O–H groups in total. The Kier molecular flexibility index (Phi) is 5.41. The van der Waals surface area contributed by atoms with E-state index in [1.807, 2.05) is 32.0 Å². The molecule has 9 nitrogen and oxygen atoms in total. The lowest BCUT2D eigenvalue weighted by Gasteiger charge is -2.20. The molecule has 0 amide bonds. The SMILES string of the molecule is CCN(CCO)c1ncnc(Oc2cccc3ccc(C)nc23)c1[N+](=O)[O-]. The Balaban J connectivity index is 2.10. The zero-order valence-electron chi connectivity index (χ0n) is 15.0. The fraction of sp³-hybridized carbons (Fsp3) is 0.278. The fourth-order valence-corrected chi connectivity index (χ4v) is 2.76. The molecule has 0 aliphatic heterocycles. The number of anilines is 1. The largest absolute Gasteiger partial charge is 0.431 e. The molecule has 27 heavy (non-hydrogen) atoms. The van der Waals surface area contributed by atoms with Gasteiger partial charge in [0.05, 0.1) is 11.5 Å². The molecule has 0 aliphatic rings. The van der Waals surface area contributed by atoms with E-state index in [1.165, 1.54) is 6.33 Å². The number of aliphatic hydroxyl groups is 1. The third-order valence-electron chi connectivity index (χ3n) is 4.03. The number of rotatable bonds is 7. The normalized spacial score (nSPS) is 10.8. The number of benzene rings is 1. The molecular formula is C18H19N5O4. The summed E-state index contributed by atoms with van der Waals surface area (Å²) >= 11 is 0. The molecule has 0 spiro atoms. The summed E-state index contributed by atoms with van der Waals surface area (Å²) in [5, 5.41) is 21.8. The van der Waals surface area contributed by atoms with Crippen LogP contribution in [0.5, 0.6) is 11.6 Å². The van der Waals surface area contributed by atoms with Crippen molar-refractivity contribution in [1.82, 2.24) is 15.0 Å². The van der Waals surface area contributed by atoms with Crippen molar-refractivity contribution in [3.05, 3.63) is 52.5 Å². The number of pyridine rings is 1. The van der Waals surface area contributed by atoms with E-state index in [-0.39, 0.29) is 30.5 Å². The smallest absolute Gasteiger partial charge is 0.373 e. The quantitative estimate of drug-likeness (QED) is 0.499. The van der Waals surface area contributed by atoms with Gasteiger partial charge in [-0.1, -0.05) is 18.2 Å². The number of hydrogen-bond acceptors (Lipinski definition) is 8. The van der Waals surface area contributed by atoms with Crippen LogP contribution in [0.3, 0.4) is 0 Å². The molecule has 2 aromatic heterocycles. The van der Waals surface area contributed by atoms with E-state index >= 15 is 0 Å². The molecule has 0 saturated carbocycles. The second-order valence-electron chi connectivity index (χ2n) is 5.79. The maximum Gasteiger partial charge on any atom is 0.373 e. The topological polar surface area (TPSA) is 115 Å². The number of nitrogens with zero attached hydrogens (tertiary/aromatic N) is 5. The Morgan fingerprint density at radius 2 is 2.07 bits per heavy atom. The number of nitro groups is 1. The third-order valence-corrected chi connectivity index (χ3v) is 4.03. The summed E-state index contributed by atoms with van der Waals surface area (Å²) in [5.41, 5.74) is 1.05. The Bertz CT molecular complexity index is 979. The summed E-state index contributed by atoms with van der Waals surface area (Å²) in [5.74, 6) is 0.303. The van der Waals surface area contributed by atoms with E-state index in [0.717, 1.165) is 11.1 Å². The van der Waals surface area contributed by atoms with Crippen molar-refractivity contribution in [2.24, 2.45) is 0 Å². The van der Waals surface area contributed by atoms with Crippen molar-refractivity contribution < 1.29 is 14.8 Å². The number of likely N-dealkylation sites (N-methyl/N-ethyl adjacent to an activating group) is 1. The van der Waals surface area contributed by atoms with Crippen LogP contribution in [0.15, 0.2) is 36.7 Å². The molecule has 0 radical (unpaired) electrons. The second-order valence-corrected chi connectivity index (χ2v) is 5.79. The van der Waals surface area contributed by atoms with Crippen LogP contribution in [-0.2, 0) is 0 Å². The summed E-state index contributed by atoms with van der Waals surface area (Å²) in [6.07, 6.45) is 1.21. The summed E-state index contributed by atoms with van der Waals surface area (Å²) in [7, 11) is 0.